The molecule has 2 aromatic rings. The average molecular weight is 443 g/mol. The molecule has 0 saturated carbocycles. The minimum Gasteiger partial charge on any atom is -0.504 e. The number of amides is 2. The summed E-state index contributed by atoms with van der Waals surface area (Å²) in [5.41, 5.74) is 2.54. The predicted molar refractivity (Wildman–Crippen MR) is 124 cm³/mol. The van der Waals surface area contributed by atoms with Crippen LogP contribution in [0.4, 0.5) is 5.69 Å². The number of phenolic OH excluding ortho intramolecular Hbond substituents is 1. The molecule has 2 N–H and O–H groups in total. The number of carbonyl (C=O) groups excluding carboxylic acids is 2. The van der Waals surface area contributed by atoms with E-state index in [4.69, 9.17) is 17.0 Å². The number of anilines is 1. The summed E-state index contributed by atoms with van der Waals surface area (Å²) in [4.78, 5) is 26.9. The van der Waals surface area contributed by atoms with Crippen LogP contribution in [-0.2, 0) is 9.59 Å². The van der Waals surface area contributed by atoms with E-state index in [2.05, 4.69) is 5.32 Å². The van der Waals surface area contributed by atoms with Crippen molar-refractivity contribution in [3.05, 3.63) is 58.5 Å². The molecule has 6 nitrogen and oxygen atoms in total. The molecule has 3 rings (SSSR count). The minimum absolute atomic E-state index is 0.0427. The number of nitrogens with zero attached hydrogens (tertiary/aromatic N) is 1. The number of aromatic hydroxyl groups is 1. The zero-order chi connectivity index (χ0) is 21.7. The third-order valence-corrected chi connectivity index (χ3v) is 5.73. The molecular formula is C22H22N2O4S2. The standard InChI is InChI=1S/C22H22N2O4S2/c1-3-28-18-12-15(6-9-17(18)25)13-19-21(27)24(22(29)30-19)11-10-20(26)23-16-7-4-14(2)5-8-16/h4-9,12-13,25H,3,10-11H2,1-2H3,(H,23,26)/b19-13-. The highest BCUT2D eigenvalue weighted by Crippen LogP contribution is 2.34. The van der Waals surface area contributed by atoms with Crippen LogP contribution >= 0.6 is 24.0 Å². The Morgan fingerprint density at radius 2 is 2.00 bits per heavy atom. The molecule has 1 aliphatic rings. The molecule has 1 saturated heterocycles. The van der Waals surface area contributed by atoms with Gasteiger partial charge in [0.05, 0.1) is 11.5 Å². The Morgan fingerprint density at radius 1 is 1.27 bits per heavy atom. The second-order valence-corrected chi connectivity index (χ2v) is 8.33. The maximum Gasteiger partial charge on any atom is 0.266 e. The van der Waals surface area contributed by atoms with Crippen molar-refractivity contribution in [2.24, 2.45) is 0 Å². The molecule has 8 heteroatoms. The summed E-state index contributed by atoms with van der Waals surface area (Å²) in [7, 11) is 0. The molecule has 0 spiro atoms. The average Bonchev–Trinajstić information content (AvgIpc) is 2.97. The Morgan fingerprint density at radius 3 is 2.70 bits per heavy atom. The van der Waals surface area contributed by atoms with Gasteiger partial charge in [0, 0.05) is 18.7 Å². The molecule has 0 unspecified atom stereocenters. The molecule has 1 aliphatic heterocycles. The van der Waals surface area contributed by atoms with Gasteiger partial charge in [-0.3, -0.25) is 14.5 Å². The third-order valence-electron chi connectivity index (χ3n) is 4.35. The highest BCUT2D eigenvalue weighted by Gasteiger charge is 2.32. The Hall–Kier alpha value is -2.84. The molecule has 2 aromatic carbocycles. The van der Waals surface area contributed by atoms with Crippen molar-refractivity contribution in [3.8, 4) is 11.5 Å². The van der Waals surface area contributed by atoms with Crippen molar-refractivity contribution in [3.63, 3.8) is 0 Å². The van der Waals surface area contributed by atoms with Gasteiger partial charge in [-0.2, -0.15) is 0 Å². The van der Waals surface area contributed by atoms with Crippen molar-refractivity contribution in [1.29, 1.82) is 0 Å². The fourth-order valence-corrected chi connectivity index (χ4v) is 4.12. The number of ether oxygens (including phenoxy) is 1. The zero-order valence-electron chi connectivity index (χ0n) is 16.7. The first-order chi connectivity index (χ1) is 14.4. The lowest BCUT2D eigenvalue weighted by Gasteiger charge is -2.14. The van der Waals surface area contributed by atoms with E-state index in [-0.39, 0.29) is 30.5 Å². The first kappa shape index (κ1) is 21.9. The molecule has 2 amide bonds. The summed E-state index contributed by atoms with van der Waals surface area (Å²) < 4.78 is 5.79. The van der Waals surface area contributed by atoms with E-state index in [0.717, 1.165) is 5.56 Å². The molecular weight excluding hydrogens is 420 g/mol. The Labute approximate surface area is 184 Å². The van der Waals surface area contributed by atoms with Gasteiger partial charge in [0.15, 0.2) is 11.5 Å². The zero-order valence-corrected chi connectivity index (χ0v) is 18.3. The van der Waals surface area contributed by atoms with E-state index >= 15 is 0 Å². The van der Waals surface area contributed by atoms with Crippen LogP contribution in [-0.4, -0.2) is 39.3 Å². The highest BCUT2D eigenvalue weighted by molar-refractivity contribution is 8.26. The molecule has 0 aliphatic carbocycles. The summed E-state index contributed by atoms with van der Waals surface area (Å²) in [6, 6.07) is 12.4. The number of thiocarbonyl (C=S) groups is 1. The van der Waals surface area contributed by atoms with E-state index < -0.39 is 0 Å². The topological polar surface area (TPSA) is 78.9 Å². The predicted octanol–water partition coefficient (Wildman–Crippen LogP) is 4.33. The lowest BCUT2D eigenvalue weighted by atomic mass is 10.2. The maximum absolute atomic E-state index is 12.7. The molecule has 0 atom stereocenters. The maximum atomic E-state index is 12.7. The van der Waals surface area contributed by atoms with Crippen LogP contribution in [0, 0.1) is 6.92 Å². The van der Waals surface area contributed by atoms with Crippen molar-refractivity contribution in [1.82, 2.24) is 4.90 Å². The largest absolute Gasteiger partial charge is 0.504 e. The molecule has 0 bridgehead atoms. The number of carbonyl (C=O) groups is 2. The first-order valence-electron chi connectivity index (χ1n) is 9.45. The Balaban J connectivity index is 1.63. The minimum atomic E-state index is -0.237. The van der Waals surface area contributed by atoms with Crippen LogP contribution < -0.4 is 10.1 Å². The van der Waals surface area contributed by atoms with Gasteiger partial charge in [0.25, 0.3) is 5.91 Å². The number of thioether (sulfide) groups is 1. The van der Waals surface area contributed by atoms with E-state index in [1.165, 1.54) is 22.7 Å². The van der Waals surface area contributed by atoms with Gasteiger partial charge in [0.1, 0.15) is 4.32 Å². The van der Waals surface area contributed by atoms with Crippen molar-refractivity contribution in [2.75, 3.05) is 18.5 Å². The number of hydrogen-bond acceptors (Lipinski definition) is 6. The summed E-state index contributed by atoms with van der Waals surface area (Å²) in [5, 5.41) is 12.6. The van der Waals surface area contributed by atoms with Crippen LogP contribution in [0.5, 0.6) is 11.5 Å². The van der Waals surface area contributed by atoms with E-state index in [0.29, 0.717) is 32.8 Å². The number of rotatable bonds is 7. The van der Waals surface area contributed by atoms with Crippen LogP contribution in [0.15, 0.2) is 47.4 Å². The molecule has 30 heavy (non-hydrogen) atoms. The SMILES string of the molecule is CCOc1cc(/C=C2\SC(=S)N(CCC(=O)Nc3ccc(C)cc3)C2=O)ccc1O. The van der Waals surface area contributed by atoms with Crippen molar-refractivity contribution in [2.45, 2.75) is 20.3 Å². The molecule has 1 heterocycles. The van der Waals surface area contributed by atoms with Gasteiger partial charge < -0.3 is 15.2 Å². The van der Waals surface area contributed by atoms with Crippen LogP contribution in [0.25, 0.3) is 6.08 Å². The van der Waals surface area contributed by atoms with Gasteiger partial charge in [-0.25, -0.2) is 0 Å². The van der Waals surface area contributed by atoms with Crippen LogP contribution in [0.1, 0.15) is 24.5 Å². The van der Waals surface area contributed by atoms with Gasteiger partial charge in [-0.15, -0.1) is 0 Å². The lowest BCUT2D eigenvalue weighted by molar-refractivity contribution is -0.122. The van der Waals surface area contributed by atoms with Gasteiger partial charge in [-0.05, 0) is 49.8 Å². The normalized spacial score (nSPS) is 15.0. The second kappa shape index (κ2) is 9.77. The van der Waals surface area contributed by atoms with Crippen LogP contribution in [0.2, 0.25) is 0 Å². The first-order valence-corrected chi connectivity index (χ1v) is 10.7. The Kier molecular flexibility index (Phi) is 7.12. The summed E-state index contributed by atoms with van der Waals surface area (Å²) in [6.07, 6.45) is 1.84. The summed E-state index contributed by atoms with van der Waals surface area (Å²) in [5.74, 6) is -0.0217. The number of phenols is 1. The van der Waals surface area contributed by atoms with E-state index in [1.807, 2.05) is 38.1 Å². The smallest absolute Gasteiger partial charge is 0.266 e. The van der Waals surface area contributed by atoms with E-state index in [9.17, 15) is 14.7 Å². The third kappa shape index (κ3) is 5.40. The molecule has 0 aromatic heterocycles. The Bertz CT molecular complexity index is 1000. The monoisotopic (exact) mass is 442 g/mol. The van der Waals surface area contributed by atoms with Gasteiger partial charge in [-0.1, -0.05) is 47.7 Å². The number of aryl methyl sites for hydroxylation is 1. The molecule has 0 radical (unpaired) electrons. The van der Waals surface area contributed by atoms with Crippen molar-refractivity contribution >= 4 is 51.9 Å². The number of nitrogens with one attached hydrogen (secondary N) is 1. The van der Waals surface area contributed by atoms with Gasteiger partial charge in [0.2, 0.25) is 5.91 Å². The fraction of sp³-hybridized carbons (Fsp3) is 0.227. The van der Waals surface area contributed by atoms with Crippen LogP contribution in [0.3, 0.4) is 0 Å². The van der Waals surface area contributed by atoms with Gasteiger partial charge >= 0.3 is 0 Å². The molecule has 1 fully saturated rings. The lowest BCUT2D eigenvalue weighted by Crippen LogP contribution is -2.31. The van der Waals surface area contributed by atoms with Crippen molar-refractivity contribution < 1.29 is 19.4 Å². The summed E-state index contributed by atoms with van der Waals surface area (Å²) >= 11 is 6.52. The number of benzene rings is 2. The summed E-state index contributed by atoms with van der Waals surface area (Å²) in [6.45, 7) is 4.43. The highest BCUT2D eigenvalue weighted by atomic mass is 32.2. The molecule has 156 valence electrons. The number of hydrogen-bond donors (Lipinski definition) is 2. The quantitative estimate of drug-likeness (QED) is 0.491. The second-order valence-electron chi connectivity index (χ2n) is 6.66. The van der Waals surface area contributed by atoms with E-state index in [1.54, 1.807) is 18.2 Å². The fourth-order valence-electron chi connectivity index (χ4n) is 2.81.